The van der Waals surface area contributed by atoms with Crippen molar-refractivity contribution in [1.29, 1.82) is 0 Å². The monoisotopic (exact) mass is 357 g/mol. The second-order valence-corrected chi connectivity index (χ2v) is 6.89. The van der Waals surface area contributed by atoms with Crippen molar-refractivity contribution in [3.63, 3.8) is 0 Å². The molecule has 0 atom stereocenters. The smallest absolute Gasteiger partial charge is 0.278 e. The molecule has 1 amide bonds. The Hall–Kier alpha value is -2.61. The Morgan fingerprint density at radius 3 is 2.64 bits per heavy atom. The second-order valence-electron chi connectivity index (χ2n) is 5.71. The van der Waals surface area contributed by atoms with E-state index < -0.39 is 5.91 Å². The van der Waals surface area contributed by atoms with E-state index in [2.05, 4.69) is 27.5 Å². The van der Waals surface area contributed by atoms with Gasteiger partial charge in [0.2, 0.25) is 5.13 Å². The van der Waals surface area contributed by atoms with Crippen LogP contribution in [0.2, 0.25) is 0 Å². The molecule has 0 aliphatic heterocycles. The summed E-state index contributed by atoms with van der Waals surface area (Å²) in [7, 11) is 0. The number of aryl methyl sites for hydroxylation is 2. The third kappa shape index (κ3) is 3.74. The maximum absolute atomic E-state index is 12.7. The fraction of sp³-hybridized carbons (Fsp3) is 0.353. The molecule has 0 spiro atoms. The molecule has 1 aromatic carbocycles. The summed E-state index contributed by atoms with van der Waals surface area (Å²) >= 11 is 1.29. The fourth-order valence-corrected chi connectivity index (χ4v) is 3.16. The average molecular weight is 357 g/mol. The lowest BCUT2D eigenvalue weighted by Crippen LogP contribution is -2.27. The molecule has 0 saturated heterocycles. The first-order valence-corrected chi connectivity index (χ1v) is 9.03. The van der Waals surface area contributed by atoms with Crippen molar-refractivity contribution < 1.29 is 4.79 Å². The predicted octanol–water partition coefficient (Wildman–Crippen LogP) is 3.00. The van der Waals surface area contributed by atoms with Crippen LogP contribution in [0.15, 0.2) is 29.1 Å². The Morgan fingerprint density at radius 2 is 1.96 bits per heavy atom. The van der Waals surface area contributed by atoms with Crippen LogP contribution in [0.3, 0.4) is 0 Å². The lowest BCUT2D eigenvalue weighted by atomic mass is 10.1. The summed E-state index contributed by atoms with van der Waals surface area (Å²) in [5.41, 5.74) is 0.0505. The van der Waals surface area contributed by atoms with Crippen molar-refractivity contribution in [3.8, 4) is 0 Å². The van der Waals surface area contributed by atoms with Gasteiger partial charge in [0, 0.05) is 11.9 Å². The first-order valence-electron chi connectivity index (χ1n) is 8.21. The normalized spacial score (nSPS) is 11.0. The molecule has 2 aromatic heterocycles. The molecule has 0 unspecified atom stereocenters. The molecular weight excluding hydrogens is 338 g/mol. The second kappa shape index (κ2) is 7.52. The van der Waals surface area contributed by atoms with Gasteiger partial charge in [-0.2, -0.15) is 5.10 Å². The number of carbonyl (C=O) groups excluding carboxylic acids is 1. The molecule has 7 nitrogen and oxygen atoms in total. The zero-order chi connectivity index (χ0) is 17.8. The van der Waals surface area contributed by atoms with Crippen LogP contribution in [0.1, 0.15) is 41.7 Å². The van der Waals surface area contributed by atoms with Crippen LogP contribution in [0.25, 0.3) is 10.8 Å². The van der Waals surface area contributed by atoms with Crippen LogP contribution in [0, 0.1) is 6.92 Å². The van der Waals surface area contributed by atoms with Gasteiger partial charge in [-0.05, 0) is 19.4 Å². The molecule has 0 saturated carbocycles. The van der Waals surface area contributed by atoms with E-state index in [0.717, 1.165) is 24.3 Å². The largest absolute Gasteiger partial charge is 0.295 e. The van der Waals surface area contributed by atoms with Crippen molar-refractivity contribution >= 4 is 33.1 Å². The summed E-state index contributed by atoms with van der Waals surface area (Å²) in [5.74, 6) is -0.392. The first kappa shape index (κ1) is 17.2. The molecule has 25 heavy (non-hydrogen) atoms. The summed E-state index contributed by atoms with van der Waals surface area (Å²) in [5, 5.41) is 17.0. The summed E-state index contributed by atoms with van der Waals surface area (Å²) in [6.45, 7) is 4.41. The first-order chi connectivity index (χ1) is 12.1. The number of nitrogens with one attached hydrogen (secondary N) is 1. The van der Waals surface area contributed by atoms with Gasteiger partial charge in [-0.25, -0.2) is 4.68 Å². The van der Waals surface area contributed by atoms with Crippen LogP contribution < -0.4 is 10.9 Å². The predicted molar refractivity (Wildman–Crippen MR) is 98.1 cm³/mol. The number of nitrogens with zero attached hydrogens (tertiary/aromatic N) is 4. The number of benzene rings is 1. The van der Waals surface area contributed by atoms with E-state index in [1.54, 1.807) is 24.3 Å². The Bertz CT molecular complexity index is 963. The summed E-state index contributed by atoms with van der Waals surface area (Å²) in [6.07, 6.45) is 2.90. The molecule has 0 aliphatic carbocycles. The number of amides is 1. The molecule has 0 bridgehead atoms. The molecule has 130 valence electrons. The Balaban J connectivity index is 2.01. The van der Waals surface area contributed by atoms with Crippen LogP contribution in [0.5, 0.6) is 0 Å². The summed E-state index contributed by atoms with van der Waals surface area (Å²) in [4.78, 5) is 25.3. The van der Waals surface area contributed by atoms with Gasteiger partial charge >= 0.3 is 0 Å². The number of aromatic nitrogens is 4. The van der Waals surface area contributed by atoms with Gasteiger partial charge < -0.3 is 0 Å². The number of hydrogen-bond acceptors (Lipinski definition) is 6. The van der Waals surface area contributed by atoms with Gasteiger partial charge in [0.05, 0.1) is 5.39 Å². The molecule has 0 aliphatic rings. The molecule has 1 N–H and O–H groups in total. The van der Waals surface area contributed by atoms with Crippen LogP contribution in [-0.2, 0) is 6.54 Å². The molecule has 3 rings (SSSR count). The maximum atomic E-state index is 12.7. The standard InChI is InChI=1S/C17H19N5O2S/c1-3-4-7-10-22-16(24)13-9-6-5-8-12(13)14(21-22)15(23)18-17-20-19-11(2)25-17/h5-6,8-9H,3-4,7,10H2,1-2H3,(H,18,20,23). The lowest BCUT2D eigenvalue weighted by Gasteiger charge is -2.10. The zero-order valence-electron chi connectivity index (χ0n) is 14.2. The number of fused-ring (bicyclic) bond motifs is 1. The van der Waals surface area contributed by atoms with Crippen molar-refractivity contribution in [2.45, 2.75) is 39.7 Å². The molecule has 0 radical (unpaired) electrons. The van der Waals surface area contributed by atoms with E-state index in [1.807, 2.05) is 6.92 Å². The number of hydrogen-bond donors (Lipinski definition) is 1. The molecule has 2 heterocycles. The Kier molecular flexibility index (Phi) is 5.18. The quantitative estimate of drug-likeness (QED) is 0.685. The van der Waals surface area contributed by atoms with Crippen LogP contribution in [-0.4, -0.2) is 25.9 Å². The minimum absolute atomic E-state index is 0.171. The van der Waals surface area contributed by atoms with Crippen molar-refractivity contribution in [2.75, 3.05) is 5.32 Å². The highest BCUT2D eigenvalue weighted by molar-refractivity contribution is 7.15. The topological polar surface area (TPSA) is 89.8 Å². The maximum Gasteiger partial charge on any atom is 0.278 e. The number of carbonyl (C=O) groups is 1. The fourth-order valence-electron chi connectivity index (χ4n) is 2.57. The SMILES string of the molecule is CCCCCn1nc(C(=O)Nc2nnc(C)s2)c2ccccc2c1=O. The summed E-state index contributed by atoms with van der Waals surface area (Å²) in [6, 6.07) is 7.04. The third-order valence-electron chi connectivity index (χ3n) is 3.80. The highest BCUT2D eigenvalue weighted by Crippen LogP contribution is 2.18. The zero-order valence-corrected chi connectivity index (χ0v) is 15.0. The molecule has 8 heteroatoms. The van der Waals surface area contributed by atoms with E-state index in [1.165, 1.54) is 16.0 Å². The molecule has 3 aromatic rings. The number of anilines is 1. The Morgan fingerprint density at radius 1 is 1.20 bits per heavy atom. The minimum Gasteiger partial charge on any atom is -0.295 e. The highest BCUT2D eigenvalue weighted by Gasteiger charge is 2.17. The van der Waals surface area contributed by atoms with Gasteiger partial charge in [-0.3, -0.25) is 14.9 Å². The van der Waals surface area contributed by atoms with Gasteiger partial charge in [-0.15, -0.1) is 10.2 Å². The van der Waals surface area contributed by atoms with Crippen molar-refractivity contribution in [3.05, 3.63) is 45.3 Å². The van der Waals surface area contributed by atoms with Crippen molar-refractivity contribution in [1.82, 2.24) is 20.0 Å². The van der Waals surface area contributed by atoms with Gasteiger partial charge in [-0.1, -0.05) is 49.3 Å². The lowest BCUT2D eigenvalue weighted by molar-refractivity contribution is 0.102. The van der Waals surface area contributed by atoms with Gasteiger partial charge in [0.1, 0.15) is 5.01 Å². The van der Waals surface area contributed by atoms with Crippen LogP contribution in [0.4, 0.5) is 5.13 Å². The number of rotatable bonds is 6. The molecular formula is C17H19N5O2S. The van der Waals surface area contributed by atoms with E-state index in [4.69, 9.17) is 0 Å². The molecule has 0 fully saturated rings. The highest BCUT2D eigenvalue weighted by atomic mass is 32.1. The van der Waals surface area contributed by atoms with E-state index in [0.29, 0.717) is 22.4 Å². The third-order valence-corrected chi connectivity index (χ3v) is 4.56. The van der Waals surface area contributed by atoms with Gasteiger partial charge in [0.15, 0.2) is 5.69 Å². The Labute approximate surface area is 148 Å². The van der Waals surface area contributed by atoms with E-state index in [-0.39, 0.29) is 11.3 Å². The van der Waals surface area contributed by atoms with E-state index in [9.17, 15) is 9.59 Å². The number of unbranched alkanes of at least 4 members (excludes halogenated alkanes) is 2. The van der Waals surface area contributed by atoms with E-state index >= 15 is 0 Å². The summed E-state index contributed by atoms with van der Waals surface area (Å²) < 4.78 is 1.39. The average Bonchev–Trinajstić information content (AvgIpc) is 3.02. The van der Waals surface area contributed by atoms with Crippen LogP contribution >= 0.6 is 11.3 Å². The van der Waals surface area contributed by atoms with Gasteiger partial charge in [0.25, 0.3) is 11.5 Å². The van der Waals surface area contributed by atoms with Crippen molar-refractivity contribution in [2.24, 2.45) is 0 Å². The minimum atomic E-state index is -0.392.